The van der Waals surface area contributed by atoms with Crippen LogP contribution in [0.4, 0.5) is 5.69 Å². The van der Waals surface area contributed by atoms with Crippen LogP contribution in [0.5, 0.6) is 11.5 Å². The minimum Gasteiger partial charge on any atom is -0.486 e. The lowest BCUT2D eigenvalue weighted by Crippen LogP contribution is -2.15. The highest BCUT2D eigenvalue weighted by Crippen LogP contribution is 2.31. The fraction of sp³-hybridized carbons (Fsp3) is 0.158. The van der Waals surface area contributed by atoms with Crippen molar-refractivity contribution in [1.82, 2.24) is 0 Å². The third-order valence-electron chi connectivity index (χ3n) is 3.88. The molecule has 0 unspecified atom stereocenters. The van der Waals surface area contributed by atoms with E-state index in [0.29, 0.717) is 13.2 Å². The van der Waals surface area contributed by atoms with Crippen molar-refractivity contribution in [2.24, 2.45) is 0 Å². The number of ether oxygens (including phenoxy) is 2. The van der Waals surface area contributed by atoms with Gasteiger partial charge in [-0.25, -0.2) is 0 Å². The fourth-order valence-electron chi connectivity index (χ4n) is 2.77. The van der Waals surface area contributed by atoms with Crippen LogP contribution < -0.4 is 14.8 Å². The molecule has 1 aliphatic rings. The normalized spacial score (nSPS) is 13.1. The van der Waals surface area contributed by atoms with E-state index < -0.39 is 0 Å². The number of benzene rings is 3. The first-order chi connectivity index (χ1) is 10.9. The van der Waals surface area contributed by atoms with Crippen LogP contribution in [-0.2, 0) is 6.54 Å². The van der Waals surface area contributed by atoms with Gasteiger partial charge in [-0.2, -0.15) is 0 Å². The zero-order valence-corrected chi connectivity index (χ0v) is 12.2. The van der Waals surface area contributed by atoms with Crippen molar-refractivity contribution in [3.05, 3.63) is 66.2 Å². The molecule has 1 aliphatic heterocycles. The van der Waals surface area contributed by atoms with Crippen LogP contribution in [0.15, 0.2) is 60.7 Å². The lowest BCUT2D eigenvalue weighted by Gasteiger charge is -2.19. The number of nitrogens with one attached hydrogen (secondary N) is 1. The summed E-state index contributed by atoms with van der Waals surface area (Å²) in [6.07, 6.45) is 0. The molecule has 0 saturated heterocycles. The largest absolute Gasteiger partial charge is 0.486 e. The van der Waals surface area contributed by atoms with Crippen molar-refractivity contribution < 1.29 is 9.47 Å². The molecular weight excluding hydrogens is 274 g/mol. The Bertz CT molecular complexity index is 808. The zero-order chi connectivity index (χ0) is 14.8. The van der Waals surface area contributed by atoms with Gasteiger partial charge in [0, 0.05) is 17.6 Å². The van der Waals surface area contributed by atoms with Crippen molar-refractivity contribution in [1.29, 1.82) is 0 Å². The first kappa shape index (κ1) is 13.0. The molecular formula is C19H17NO2. The maximum atomic E-state index is 5.63. The Labute approximate surface area is 129 Å². The molecule has 1 heterocycles. The summed E-state index contributed by atoms with van der Waals surface area (Å²) < 4.78 is 11.2. The van der Waals surface area contributed by atoms with Gasteiger partial charge in [0.1, 0.15) is 13.2 Å². The van der Waals surface area contributed by atoms with E-state index in [4.69, 9.17) is 9.47 Å². The van der Waals surface area contributed by atoms with E-state index in [1.54, 1.807) is 0 Å². The molecule has 3 heteroatoms. The maximum Gasteiger partial charge on any atom is 0.161 e. The molecule has 0 amide bonds. The van der Waals surface area contributed by atoms with E-state index in [9.17, 15) is 0 Å². The second-order valence-electron chi connectivity index (χ2n) is 5.36. The van der Waals surface area contributed by atoms with Gasteiger partial charge in [-0.15, -0.1) is 0 Å². The Kier molecular flexibility index (Phi) is 3.31. The quantitative estimate of drug-likeness (QED) is 0.783. The number of hydrogen-bond acceptors (Lipinski definition) is 3. The Morgan fingerprint density at radius 2 is 1.64 bits per heavy atom. The molecule has 0 radical (unpaired) electrons. The zero-order valence-electron chi connectivity index (χ0n) is 12.2. The second-order valence-corrected chi connectivity index (χ2v) is 5.36. The predicted molar refractivity (Wildman–Crippen MR) is 88.7 cm³/mol. The van der Waals surface area contributed by atoms with E-state index in [-0.39, 0.29) is 0 Å². The minimum atomic E-state index is 0.618. The molecule has 1 N–H and O–H groups in total. The van der Waals surface area contributed by atoms with E-state index in [0.717, 1.165) is 23.7 Å². The average Bonchev–Trinajstić information content (AvgIpc) is 2.60. The van der Waals surface area contributed by atoms with Gasteiger partial charge >= 0.3 is 0 Å². The van der Waals surface area contributed by atoms with Crippen molar-refractivity contribution >= 4 is 16.5 Å². The van der Waals surface area contributed by atoms with Crippen LogP contribution in [0.3, 0.4) is 0 Å². The summed E-state index contributed by atoms with van der Waals surface area (Å²) in [6, 6.07) is 20.8. The van der Waals surface area contributed by atoms with Gasteiger partial charge in [0.25, 0.3) is 0 Å². The molecule has 110 valence electrons. The van der Waals surface area contributed by atoms with Crippen molar-refractivity contribution in [3.8, 4) is 11.5 Å². The summed E-state index contributed by atoms with van der Waals surface area (Å²) in [4.78, 5) is 0. The van der Waals surface area contributed by atoms with Crippen LogP contribution in [-0.4, -0.2) is 13.2 Å². The molecule has 4 rings (SSSR count). The number of hydrogen-bond donors (Lipinski definition) is 1. The molecule has 0 spiro atoms. The lowest BCUT2D eigenvalue weighted by atomic mass is 10.1. The van der Waals surface area contributed by atoms with E-state index in [1.165, 1.54) is 16.3 Å². The number of fused-ring (bicyclic) bond motifs is 2. The fourth-order valence-corrected chi connectivity index (χ4v) is 2.77. The smallest absolute Gasteiger partial charge is 0.161 e. The van der Waals surface area contributed by atoms with Gasteiger partial charge in [0.05, 0.1) is 0 Å². The highest BCUT2D eigenvalue weighted by Gasteiger charge is 2.11. The molecule has 0 bridgehead atoms. The Morgan fingerprint density at radius 1 is 0.818 bits per heavy atom. The van der Waals surface area contributed by atoms with Crippen LogP contribution in [0, 0.1) is 0 Å². The van der Waals surface area contributed by atoms with Crippen LogP contribution in [0.25, 0.3) is 10.8 Å². The Morgan fingerprint density at radius 3 is 2.59 bits per heavy atom. The van der Waals surface area contributed by atoms with Crippen LogP contribution >= 0.6 is 0 Å². The van der Waals surface area contributed by atoms with E-state index >= 15 is 0 Å². The lowest BCUT2D eigenvalue weighted by molar-refractivity contribution is 0.171. The summed E-state index contributed by atoms with van der Waals surface area (Å²) in [6.45, 7) is 2.00. The van der Waals surface area contributed by atoms with Crippen molar-refractivity contribution in [2.75, 3.05) is 18.5 Å². The molecule has 3 aromatic rings. The highest BCUT2D eigenvalue weighted by molar-refractivity contribution is 5.93. The molecule has 3 nitrogen and oxygen atoms in total. The molecule has 0 aromatic heterocycles. The topological polar surface area (TPSA) is 30.5 Å². The van der Waals surface area contributed by atoms with Gasteiger partial charge in [-0.3, -0.25) is 0 Å². The summed E-state index contributed by atoms with van der Waals surface area (Å²) in [5.41, 5.74) is 2.32. The van der Waals surface area contributed by atoms with Gasteiger partial charge < -0.3 is 14.8 Å². The summed E-state index contributed by atoms with van der Waals surface area (Å²) >= 11 is 0. The molecule has 0 aliphatic carbocycles. The Hall–Kier alpha value is -2.68. The van der Waals surface area contributed by atoms with Gasteiger partial charge in [0.15, 0.2) is 11.5 Å². The standard InChI is InChI=1S/C19H17NO2/c1-2-6-16-15(4-1)5-3-7-17(16)20-13-14-8-9-18-19(12-14)22-11-10-21-18/h1-9,12,20H,10-11,13H2. The molecule has 0 atom stereocenters. The highest BCUT2D eigenvalue weighted by atomic mass is 16.6. The maximum absolute atomic E-state index is 5.63. The van der Waals surface area contributed by atoms with E-state index in [2.05, 4.69) is 53.8 Å². The van der Waals surface area contributed by atoms with Gasteiger partial charge in [0.2, 0.25) is 0 Å². The first-order valence-electron chi connectivity index (χ1n) is 7.50. The van der Waals surface area contributed by atoms with E-state index in [1.807, 2.05) is 12.1 Å². The van der Waals surface area contributed by atoms with Crippen LogP contribution in [0.2, 0.25) is 0 Å². The molecule has 0 saturated carbocycles. The number of anilines is 1. The first-order valence-corrected chi connectivity index (χ1v) is 7.50. The average molecular weight is 291 g/mol. The molecule has 3 aromatic carbocycles. The summed E-state index contributed by atoms with van der Waals surface area (Å²) in [5.74, 6) is 1.67. The minimum absolute atomic E-state index is 0.618. The Balaban J connectivity index is 1.57. The molecule has 22 heavy (non-hydrogen) atoms. The summed E-state index contributed by atoms with van der Waals surface area (Å²) in [5, 5.41) is 6.00. The van der Waals surface area contributed by atoms with Gasteiger partial charge in [-0.1, -0.05) is 42.5 Å². The third-order valence-corrected chi connectivity index (χ3v) is 3.88. The van der Waals surface area contributed by atoms with Crippen LogP contribution in [0.1, 0.15) is 5.56 Å². The summed E-state index contributed by atoms with van der Waals surface area (Å²) in [7, 11) is 0. The third kappa shape index (κ3) is 2.46. The van der Waals surface area contributed by atoms with Crippen molar-refractivity contribution in [3.63, 3.8) is 0 Å². The SMILES string of the molecule is c1ccc2c(NCc3ccc4c(c3)OCCO4)cccc2c1. The predicted octanol–water partition coefficient (Wildman–Crippen LogP) is 4.22. The molecule has 0 fully saturated rings. The van der Waals surface area contributed by atoms with Crippen molar-refractivity contribution in [2.45, 2.75) is 6.54 Å². The monoisotopic (exact) mass is 291 g/mol. The number of rotatable bonds is 3. The second kappa shape index (κ2) is 5.60. The van der Waals surface area contributed by atoms with Gasteiger partial charge in [-0.05, 0) is 29.1 Å².